The van der Waals surface area contributed by atoms with Crippen LogP contribution >= 0.6 is 11.3 Å². The third-order valence-corrected chi connectivity index (χ3v) is 4.30. The quantitative estimate of drug-likeness (QED) is 0.879. The number of hydrogen-bond acceptors (Lipinski definition) is 5. The molecule has 0 atom stereocenters. The van der Waals surface area contributed by atoms with E-state index in [1.165, 1.54) is 11.3 Å². The molecule has 5 nitrogen and oxygen atoms in total. The van der Waals surface area contributed by atoms with Crippen molar-refractivity contribution in [2.45, 2.75) is 25.4 Å². The molecule has 0 spiro atoms. The summed E-state index contributed by atoms with van der Waals surface area (Å²) < 4.78 is 0. The molecule has 6 heteroatoms. The maximum absolute atomic E-state index is 12.2. The van der Waals surface area contributed by atoms with Crippen LogP contribution in [0.3, 0.4) is 0 Å². The number of likely N-dealkylation sites (tertiary alicyclic amines) is 1. The SMILES string of the molecule is CN(C)C1CCN(C(=O)c2csc(CN)n2)CC1. The number of thiazole rings is 1. The van der Waals surface area contributed by atoms with Gasteiger partial charge in [0.05, 0.1) is 0 Å². The van der Waals surface area contributed by atoms with Crippen LogP contribution in [-0.4, -0.2) is 53.9 Å². The first kappa shape index (κ1) is 13.5. The molecule has 1 aliphatic rings. The number of hydrogen-bond donors (Lipinski definition) is 1. The first-order chi connectivity index (χ1) is 8.61. The summed E-state index contributed by atoms with van der Waals surface area (Å²) in [6, 6.07) is 0.587. The van der Waals surface area contributed by atoms with Gasteiger partial charge in [-0.2, -0.15) is 0 Å². The number of carbonyl (C=O) groups is 1. The fraction of sp³-hybridized carbons (Fsp3) is 0.667. The summed E-state index contributed by atoms with van der Waals surface area (Å²) in [6.45, 7) is 2.04. The molecule has 2 rings (SSSR count). The maximum Gasteiger partial charge on any atom is 0.273 e. The molecule has 0 unspecified atom stereocenters. The molecule has 100 valence electrons. The summed E-state index contributed by atoms with van der Waals surface area (Å²) in [7, 11) is 4.19. The highest BCUT2D eigenvalue weighted by atomic mass is 32.1. The van der Waals surface area contributed by atoms with Gasteiger partial charge < -0.3 is 15.5 Å². The van der Waals surface area contributed by atoms with E-state index in [1.807, 2.05) is 10.3 Å². The number of nitrogens with two attached hydrogens (primary N) is 1. The van der Waals surface area contributed by atoms with Crippen LogP contribution in [0.1, 0.15) is 28.3 Å². The highest BCUT2D eigenvalue weighted by Gasteiger charge is 2.25. The lowest BCUT2D eigenvalue weighted by atomic mass is 10.0. The third kappa shape index (κ3) is 2.88. The molecule has 2 heterocycles. The van der Waals surface area contributed by atoms with E-state index in [9.17, 15) is 4.79 Å². The molecule has 0 radical (unpaired) electrons. The van der Waals surface area contributed by atoms with Crippen molar-refractivity contribution in [3.63, 3.8) is 0 Å². The zero-order valence-electron chi connectivity index (χ0n) is 10.9. The van der Waals surface area contributed by atoms with E-state index < -0.39 is 0 Å². The van der Waals surface area contributed by atoms with Crippen molar-refractivity contribution >= 4 is 17.2 Å². The molecule has 0 aromatic carbocycles. The fourth-order valence-electron chi connectivity index (χ4n) is 2.25. The summed E-state index contributed by atoms with van der Waals surface area (Å²) in [4.78, 5) is 20.6. The average Bonchev–Trinajstić information content (AvgIpc) is 2.86. The Labute approximate surface area is 112 Å². The first-order valence-corrected chi connectivity index (χ1v) is 7.10. The molecule has 1 amide bonds. The van der Waals surface area contributed by atoms with Crippen LogP contribution < -0.4 is 5.73 Å². The molecule has 1 saturated heterocycles. The largest absolute Gasteiger partial charge is 0.337 e. The van der Waals surface area contributed by atoms with E-state index in [4.69, 9.17) is 5.73 Å². The molecule has 1 aromatic heterocycles. The molecule has 1 aromatic rings. The van der Waals surface area contributed by atoms with Crippen molar-refractivity contribution in [1.82, 2.24) is 14.8 Å². The van der Waals surface area contributed by atoms with Gasteiger partial charge in [-0.1, -0.05) is 0 Å². The van der Waals surface area contributed by atoms with Crippen LogP contribution in [0, 0.1) is 0 Å². The van der Waals surface area contributed by atoms with Crippen LogP contribution in [0.4, 0.5) is 0 Å². The summed E-state index contributed by atoms with van der Waals surface area (Å²) in [5, 5.41) is 2.63. The smallest absolute Gasteiger partial charge is 0.273 e. The predicted octanol–water partition coefficient (Wildman–Crippen LogP) is 0.768. The van der Waals surface area contributed by atoms with Crippen molar-refractivity contribution in [2.75, 3.05) is 27.2 Å². The summed E-state index contributed by atoms with van der Waals surface area (Å²) in [5.74, 6) is 0.0446. The lowest BCUT2D eigenvalue weighted by molar-refractivity contribution is 0.0658. The van der Waals surface area contributed by atoms with Gasteiger partial charge >= 0.3 is 0 Å². The summed E-state index contributed by atoms with van der Waals surface area (Å²) >= 11 is 1.46. The molecule has 0 saturated carbocycles. The Morgan fingerprint density at radius 3 is 2.72 bits per heavy atom. The number of piperidine rings is 1. The lowest BCUT2D eigenvalue weighted by Crippen LogP contribution is -2.44. The van der Waals surface area contributed by atoms with E-state index in [-0.39, 0.29) is 5.91 Å². The predicted molar refractivity (Wildman–Crippen MR) is 72.6 cm³/mol. The van der Waals surface area contributed by atoms with E-state index in [0.29, 0.717) is 18.3 Å². The van der Waals surface area contributed by atoms with E-state index in [1.54, 1.807) is 0 Å². The Kier molecular flexibility index (Phi) is 4.31. The first-order valence-electron chi connectivity index (χ1n) is 6.22. The standard InChI is InChI=1S/C12H20N4OS/c1-15(2)9-3-5-16(6-4-9)12(17)10-8-18-11(7-13)14-10/h8-9H,3-7,13H2,1-2H3. The zero-order chi connectivity index (χ0) is 13.1. The second kappa shape index (κ2) is 5.77. The highest BCUT2D eigenvalue weighted by Crippen LogP contribution is 2.17. The number of nitrogens with zero attached hydrogens (tertiary/aromatic N) is 3. The second-order valence-electron chi connectivity index (χ2n) is 4.82. The molecule has 0 aliphatic carbocycles. The Morgan fingerprint density at radius 1 is 1.56 bits per heavy atom. The van der Waals surface area contributed by atoms with Crippen molar-refractivity contribution in [3.05, 3.63) is 16.1 Å². The number of aromatic nitrogens is 1. The molecular formula is C12H20N4OS. The van der Waals surface area contributed by atoms with E-state index in [0.717, 1.165) is 30.9 Å². The minimum atomic E-state index is 0.0446. The molecule has 2 N–H and O–H groups in total. The van der Waals surface area contributed by atoms with Crippen LogP contribution in [0.5, 0.6) is 0 Å². The topological polar surface area (TPSA) is 62.5 Å². The normalized spacial score (nSPS) is 17.4. The van der Waals surface area contributed by atoms with Gasteiger partial charge in [-0.15, -0.1) is 11.3 Å². The Morgan fingerprint density at radius 2 is 2.22 bits per heavy atom. The van der Waals surface area contributed by atoms with Gasteiger partial charge in [0.25, 0.3) is 5.91 Å². The second-order valence-corrected chi connectivity index (χ2v) is 5.76. The van der Waals surface area contributed by atoms with Crippen molar-refractivity contribution < 1.29 is 4.79 Å². The van der Waals surface area contributed by atoms with Gasteiger partial charge in [-0.05, 0) is 26.9 Å². The van der Waals surface area contributed by atoms with Gasteiger partial charge in [0.1, 0.15) is 10.7 Å². The third-order valence-electron chi connectivity index (χ3n) is 3.43. The Bertz CT molecular complexity index is 410. The van der Waals surface area contributed by atoms with Gasteiger partial charge in [-0.25, -0.2) is 4.98 Å². The summed E-state index contributed by atoms with van der Waals surface area (Å²) in [6.07, 6.45) is 2.07. The maximum atomic E-state index is 12.2. The fourth-order valence-corrected chi connectivity index (χ4v) is 2.90. The minimum Gasteiger partial charge on any atom is -0.337 e. The van der Waals surface area contributed by atoms with Crippen LogP contribution in [0.25, 0.3) is 0 Å². The monoisotopic (exact) mass is 268 g/mol. The number of amides is 1. The minimum absolute atomic E-state index is 0.0446. The van der Waals surface area contributed by atoms with Gasteiger partial charge in [0.15, 0.2) is 0 Å². The molecule has 1 aliphatic heterocycles. The van der Waals surface area contributed by atoms with Crippen LogP contribution in [0.15, 0.2) is 5.38 Å². The van der Waals surface area contributed by atoms with Crippen molar-refractivity contribution in [1.29, 1.82) is 0 Å². The van der Waals surface area contributed by atoms with Gasteiger partial charge in [0.2, 0.25) is 0 Å². The Hall–Kier alpha value is -0.980. The van der Waals surface area contributed by atoms with Crippen molar-refractivity contribution in [3.8, 4) is 0 Å². The lowest BCUT2D eigenvalue weighted by Gasteiger charge is -2.34. The average molecular weight is 268 g/mol. The van der Waals surface area contributed by atoms with Gasteiger partial charge in [-0.3, -0.25) is 4.79 Å². The zero-order valence-corrected chi connectivity index (χ0v) is 11.7. The molecule has 0 bridgehead atoms. The van der Waals surface area contributed by atoms with E-state index >= 15 is 0 Å². The van der Waals surface area contributed by atoms with E-state index in [2.05, 4.69) is 24.0 Å². The molecule has 18 heavy (non-hydrogen) atoms. The molecular weight excluding hydrogens is 248 g/mol. The van der Waals surface area contributed by atoms with Crippen LogP contribution in [-0.2, 0) is 6.54 Å². The summed E-state index contributed by atoms with van der Waals surface area (Å²) in [5.41, 5.74) is 6.06. The Balaban J connectivity index is 1.95. The number of carbonyl (C=O) groups excluding carboxylic acids is 1. The van der Waals surface area contributed by atoms with Crippen molar-refractivity contribution in [2.24, 2.45) is 5.73 Å². The van der Waals surface area contributed by atoms with Gasteiger partial charge in [0, 0.05) is 31.1 Å². The highest BCUT2D eigenvalue weighted by molar-refractivity contribution is 7.09. The number of rotatable bonds is 3. The molecule has 1 fully saturated rings. The van der Waals surface area contributed by atoms with Crippen LogP contribution in [0.2, 0.25) is 0 Å².